The molecule has 8 heteroatoms. The van der Waals surface area contributed by atoms with Crippen LogP contribution in [-0.2, 0) is 16.1 Å². The van der Waals surface area contributed by atoms with Gasteiger partial charge in [0.2, 0.25) is 5.91 Å². The van der Waals surface area contributed by atoms with E-state index in [1.54, 1.807) is 51.1 Å². The van der Waals surface area contributed by atoms with E-state index in [4.69, 9.17) is 16.3 Å². The van der Waals surface area contributed by atoms with Crippen LogP contribution in [0, 0.1) is 5.82 Å². The molecule has 4 rings (SSSR count). The predicted octanol–water partition coefficient (Wildman–Crippen LogP) is 5.71. The normalized spacial score (nSPS) is 20.3. The summed E-state index contributed by atoms with van der Waals surface area (Å²) in [4.78, 5) is 29.6. The van der Waals surface area contributed by atoms with E-state index in [9.17, 15) is 14.0 Å². The molecule has 2 bridgehead atoms. The van der Waals surface area contributed by atoms with E-state index in [0.29, 0.717) is 29.4 Å². The fourth-order valence-corrected chi connectivity index (χ4v) is 4.86. The number of rotatable bonds is 5. The third kappa shape index (κ3) is 6.61. The van der Waals surface area contributed by atoms with Crippen molar-refractivity contribution in [3.8, 4) is 0 Å². The van der Waals surface area contributed by atoms with Crippen molar-refractivity contribution in [1.82, 2.24) is 9.80 Å². The highest BCUT2D eigenvalue weighted by Crippen LogP contribution is 2.32. The quantitative estimate of drug-likeness (QED) is 0.535. The standard InChI is InChI=1S/C27H31ClFN3O3/c1-27(2,3)35-26(34)30-24-14-20(28)8-6-19(24)7-13-25(33)31-16-22-11-12-23(17-31)32(22)15-18-4-9-21(29)10-5-18/h4-10,13-14,22-23H,11-12,15-17H2,1-3H3,(H,30,34). The molecule has 2 saturated heterocycles. The molecule has 0 radical (unpaired) electrons. The van der Waals surface area contributed by atoms with E-state index in [1.165, 1.54) is 12.1 Å². The summed E-state index contributed by atoms with van der Waals surface area (Å²) >= 11 is 6.12. The van der Waals surface area contributed by atoms with Gasteiger partial charge in [0, 0.05) is 42.8 Å². The van der Waals surface area contributed by atoms with Crippen molar-refractivity contribution in [1.29, 1.82) is 0 Å². The third-order valence-corrected chi connectivity index (χ3v) is 6.52. The summed E-state index contributed by atoms with van der Waals surface area (Å²) in [5, 5.41) is 3.18. The summed E-state index contributed by atoms with van der Waals surface area (Å²) in [6.45, 7) is 7.44. The molecule has 2 aromatic rings. The number of hydrogen-bond acceptors (Lipinski definition) is 4. The van der Waals surface area contributed by atoms with Crippen LogP contribution >= 0.6 is 11.6 Å². The van der Waals surface area contributed by atoms with Crippen LogP contribution < -0.4 is 5.32 Å². The van der Waals surface area contributed by atoms with E-state index in [1.807, 2.05) is 17.0 Å². The molecule has 0 aromatic heterocycles. The SMILES string of the molecule is CC(C)(C)OC(=O)Nc1cc(Cl)ccc1C=CC(=O)N1CC2CCC(C1)N2Cc1ccc(F)cc1. The Balaban J connectivity index is 1.40. The smallest absolute Gasteiger partial charge is 0.412 e. The number of benzene rings is 2. The van der Waals surface area contributed by atoms with Crippen molar-refractivity contribution in [3.05, 3.63) is 70.5 Å². The van der Waals surface area contributed by atoms with E-state index in [0.717, 1.165) is 24.9 Å². The Morgan fingerprint density at radius 1 is 1.11 bits per heavy atom. The van der Waals surface area contributed by atoms with Gasteiger partial charge in [0.25, 0.3) is 0 Å². The lowest BCUT2D eigenvalue weighted by Gasteiger charge is -2.40. The Kier molecular flexibility index (Phi) is 7.47. The molecule has 2 aromatic carbocycles. The Morgan fingerprint density at radius 2 is 1.77 bits per heavy atom. The second kappa shape index (κ2) is 10.4. The molecule has 2 aliphatic heterocycles. The molecule has 0 saturated carbocycles. The third-order valence-electron chi connectivity index (χ3n) is 6.28. The maximum absolute atomic E-state index is 13.2. The lowest BCUT2D eigenvalue weighted by molar-refractivity contribution is -0.129. The van der Waals surface area contributed by atoms with Crippen LogP contribution in [0.2, 0.25) is 5.02 Å². The average Bonchev–Trinajstić information content (AvgIpc) is 2.99. The number of halogens is 2. The lowest BCUT2D eigenvalue weighted by atomic mass is 10.1. The first kappa shape index (κ1) is 25.2. The maximum atomic E-state index is 13.2. The molecule has 2 unspecified atom stereocenters. The van der Waals surface area contributed by atoms with Crippen LogP contribution in [-0.4, -0.2) is 52.6 Å². The molecule has 2 atom stereocenters. The van der Waals surface area contributed by atoms with Gasteiger partial charge >= 0.3 is 6.09 Å². The molecular formula is C27H31ClFN3O3. The summed E-state index contributed by atoms with van der Waals surface area (Å²) < 4.78 is 18.6. The molecule has 0 aliphatic carbocycles. The molecule has 2 aliphatic rings. The summed E-state index contributed by atoms with van der Waals surface area (Å²) in [5.41, 5.74) is 1.58. The zero-order chi connectivity index (χ0) is 25.2. The number of amides is 2. The lowest BCUT2D eigenvalue weighted by Crippen LogP contribution is -2.54. The highest BCUT2D eigenvalue weighted by atomic mass is 35.5. The number of ether oxygens (including phenoxy) is 1. The number of anilines is 1. The van der Waals surface area contributed by atoms with Crippen molar-refractivity contribution < 1.29 is 18.7 Å². The van der Waals surface area contributed by atoms with Crippen LogP contribution in [0.3, 0.4) is 0 Å². The van der Waals surface area contributed by atoms with Gasteiger partial charge in [-0.25, -0.2) is 9.18 Å². The zero-order valence-electron chi connectivity index (χ0n) is 20.3. The monoisotopic (exact) mass is 499 g/mol. The molecular weight excluding hydrogens is 469 g/mol. The summed E-state index contributed by atoms with van der Waals surface area (Å²) in [7, 11) is 0. The summed E-state index contributed by atoms with van der Waals surface area (Å²) in [6.07, 6.45) is 4.73. The van der Waals surface area contributed by atoms with Gasteiger partial charge in [-0.3, -0.25) is 15.0 Å². The summed E-state index contributed by atoms with van der Waals surface area (Å²) in [5.74, 6) is -0.300. The van der Waals surface area contributed by atoms with Crippen LogP contribution in [0.25, 0.3) is 6.08 Å². The van der Waals surface area contributed by atoms with Crippen LogP contribution in [0.15, 0.2) is 48.5 Å². The van der Waals surface area contributed by atoms with Gasteiger partial charge < -0.3 is 9.64 Å². The largest absolute Gasteiger partial charge is 0.444 e. The number of carbonyl (C=O) groups excluding carboxylic acids is 2. The molecule has 2 amide bonds. The van der Waals surface area contributed by atoms with E-state index in [-0.39, 0.29) is 23.8 Å². The van der Waals surface area contributed by atoms with Crippen LogP contribution in [0.1, 0.15) is 44.7 Å². The minimum Gasteiger partial charge on any atom is -0.444 e. The highest BCUT2D eigenvalue weighted by Gasteiger charge is 2.40. The second-order valence-electron chi connectivity index (χ2n) is 10.1. The minimum absolute atomic E-state index is 0.0681. The molecule has 2 fully saturated rings. The average molecular weight is 500 g/mol. The number of hydrogen-bond donors (Lipinski definition) is 1. The van der Waals surface area contributed by atoms with Crippen molar-refractivity contribution in [2.45, 2.75) is 57.8 Å². The number of piperazine rings is 1. The Hall–Kier alpha value is -2.90. The van der Waals surface area contributed by atoms with Crippen molar-refractivity contribution >= 4 is 35.4 Å². The molecule has 6 nitrogen and oxygen atoms in total. The van der Waals surface area contributed by atoms with Gasteiger partial charge in [0.1, 0.15) is 11.4 Å². The first-order valence-electron chi connectivity index (χ1n) is 11.8. The van der Waals surface area contributed by atoms with Gasteiger partial charge in [-0.2, -0.15) is 0 Å². The van der Waals surface area contributed by atoms with Gasteiger partial charge in [-0.15, -0.1) is 0 Å². The number of nitrogens with zero attached hydrogens (tertiary/aromatic N) is 2. The maximum Gasteiger partial charge on any atom is 0.412 e. The minimum atomic E-state index is -0.632. The van der Waals surface area contributed by atoms with E-state index in [2.05, 4.69) is 10.2 Å². The molecule has 2 heterocycles. The zero-order valence-corrected chi connectivity index (χ0v) is 21.0. The number of fused-ring (bicyclic) bond motifs is 2. The Labute approximate surface area is 210 Å². The van der Waals surface area contributed by atoms with Gasteiger partial charge in [0.05, 0.1) is 5.69 Å². The molecule has 35 heavy (non-hydrogen) atoms. The summed E-state index contributed by atoms with van der Waals surface area (Å²) in [6, 6.07) is 12.3. The Morgan fingerprint density at radius 3 is 2.40 bits per heavy atom. The van der Waals surface area contributed by atoms with Crippen molar-refractivity contribution in [2.24, 2.45) is 0 Å². The topological polar surface area (TPSA) is 61.9 Å². The fraction of sp³-hybridized carbons (Fsp3) is 0.407. The second-order valence-corrected chi connectivity index (χ2v) is 10.6. The highest BCUT2D eigenvalue weighted by molar-refractivity contribution is 6.31. The van der Waals surface area contributed by atoms with Crippen molar-refractivity contribution in [2.75, 3.05) is 18.4 Å². The predicted molar refractivity (Wildman–Crippen MR) is 136 cm³/mol. The van der Waals surface area contributed by atoms with Crippen LogP contribution in [0.5, 0.6) is 0 Å². The fourth-order valence-electron chi connectivity index (χ4n) is 4.69. The van der Waals surface area contributed by atoms with Gasteiger partial charge in [0.15, 0.2) is 0 Å². The number of likely N-dealkylation sites (tertiary alicyclic amines) is 1. The first-order chi connectivity index (χ1) is 16.6. The molecule has 0 spiro atoms. The van der Waals surface area contributed by atoms with E-state index < -0.39 is 11.7 Å². The van der Waals surface area contributed by atoms with E-state index >= 15 is 0 Å². The first-order valence-corrected chi connectivity index (χ1v) is 12.2. The van der Waals surface area contributed by atoms with Gasteiger partial charge in [-0.1, -0.05) is 29.8 Å². The Bertz CT molecular complexity index is 1100. The number of carbonyl (C=O) groups is 2. The van der Waals surface area contributed by atoms with Crippen LogP contribution in [0.4, 0.5) is 14.9 Å². The molecule has 186 valence electrons. The number of nitrogens with one attached hydrogen (secondary N) is 1. The van der Waals surface area contributed by atoms with Gasteiger partial charge in [-0.05, 0) is 75.1 Å². The molecule has 1 N–H and O–H groups in total. The van der Waals surface area contributed by atoms with Crippen molar-refractivity contribution in [3.63, 3.8) is 0 Å².